The first-order valence-electron chi connectivity index (χ1n) is 9.42. The smallest absolute Gasteiger partial charge is 0.304 e. The van der Waals surface area contributed by atoms with Gasteiger partial charge in [-0.15, -0.1) is 0 Å². The van der Waals surface area contributed by atoms with Gasteiger partial charge in [0.2, 0.25) is 5.91 Å². The zero-order valence-electron chi connectivity index (χ0n) is 15.1. The fourth-order valence-electron chi connectivity index (χ4n) is 4.34. The van der Waals surface area contributed by atoms with Crippen molar-refractivity contribution >= 4 is 23.5 Å². The summed E-state index contributed by atoms with van der Waals surface area (Å²) in [7, 11) is 0. The number of carbonyl (C=O) groups excluding carboxylic acids is 1. The number of carboxylic acids is 1. The average molecular weight is 380 g/mol. The van der Waals surface area contributed by atoms with Crippen LogP contribution in [0.15, 0.2) is 24.3 Å². The third-order valence-electron chi connectivity index (χ3n) is 5.57. The van der Waals surface area contributed by atoms with Crippen LogP contribution < -0.4 is 0 Å². The zero-order valence-corrected chi connectivity index (χ0v) is 15.8. The zero-order chi connectivity index (χ0) is 18.7. The number of benzene rings is 1. The second kappa shape index (κ2) is 8.40. The summed E-state index contributed by atoms with van der Waals surface area (Å²) in [5.74, 6) is -1.43. The van der Waals surface area contributed by atoms with Crippen LogP contribution >= 0.6 is 11.6 Å². The first-order chi connectivity index (χ1) is 12.5. The Kier molecular flexibility index (Phi) is 6.20. The quantitative estimate of drug-likeness (QED) is 0.809. The number of hydrogen-bond acceptors (Lipinski definition) is 3. The van der Waals surface area contributed by atoms with E-state index in [0.29, 0.717) is 11.4 Å². The van der Waals surface area contributed by atoms with Crippen molar-refractivity contribution in [2.45, 2.75) is 63.6 Å². The van der Waals surface area contributed by atoms with Crippen molar-refractivity contribution in [2.24, 2.45) is 5.92 Å². The maximum Gasteiger partial charge on any atom is 0.304 e. The Morgan fingerprint density at radius 1 is 1.31 bits per heavy atom. The van der Waals surface area contributed by atoms with Crippen LogP contribution in [0.2, 0.25) is 5.02 Å². The maximum absolute atomic E-state index is 13.2. The van der Waals surface area contributed by atoms with E-state index in [1.807, 2.05) is 29.2 Å². The predicted molar refractivity (Wildman–Crippen MR) is 99.1 cm³/mol. The molecule has 2 heterocycles. The normalized spacial score (nSPS) is 27.5. The number of carboxylic acid groups (broad SMARTS) is 1. The number of hydrogen-bond donors (Lipinski definition) is 1. The third-order valence-corrected chi connectivity index (χ3v) is 5.83. The predicted octanol–water partition coefficient (Wildman–Crippen LogP) is 4.05. The Balaban J connectivity index is 1.92. The minimum Gasteiger partial charge on any atom is -0.481 e. The lowest BCUT2D eigenvalue weighted by atomic mass is 9.84. The van der Waals surface area contributed by atoms with Gasteiger partial charge in [0.15, 0.2) is 0 Å². The molecule has 5 nitrogen and oxygen atoms in total. The molecule has 2 aliphatic heterocycles. The van der Waals surface area contributed by atoms with Crippen molar-refractivity contribution in [1.82, 2.24) is 4.90 Å². The SMILES string of the molecule is CCC(C1CCCO1)N1C(=O)[C@@H](CC(=O)O)CCC1c1ccc(Cl)cc1. The van der Waals surface area contributed by atoms with Crippen molar-refractivity contribution in [1.29, 1.82) is 0 Å². The molecule has 0 aromatic heterocycles. The van der Waals surface area contributed by atoms with Gasteiger partial charge < -0.3 is 14.7 Å². The molecule has 6 heteroatoms. The molecule has 1 N–H and O–H groups in total. The average Bonchev–Trinajstić information content (AvgIpc) is 3.14. The summed E-state index contributed by atoms with van der Waals surface area (Å²) < 4.78 is 5.90. The highest BCUT2D eigenvalue weighted by Crippen LogP contribution is 2.40. The van der Waals surface area contributed by atoms with E-state index in [2.05, 4.69) is 6.92 Å². The highest BCUT2D eigenvalue weighted by Gasteiger charge is 2.43. The van der Waals surface area contributed by atoms with Gasteiger partial charge in [0.1, 0.15) is 0 Å². The molecule has 4 atom stereocenters. The topological polar surface area (TPSA) is 66.8 Å². The monoisotopic (exact) mass is 379 g/mol. The van der Waals surface area contributed by atoms with Crippen molar-refractivity contribution in [3.63, 3.8) is 0 Å². The first-order valence-corrected chi connectivity index (χ1v) is 9.80. The number of halogens is 1. The van der Waals surface area contributed by atoms with Crippen molar-refractivity contribution in [3.8, 4) is 0 Å². The molecule has 0 radical (unpaired) electrons. The molecule has 0 spiro atoms. The number of rotatable bonds is 6. The van der Waals surface area contributed by atoms with Gasteiger partial charge in [0.05, 0.1) is 24.6 Å². The number of likely N-dealkylation sites (tertiary alicyclic amines) is 1. The standard InChI is InChI=1S/C20H26ClNO4/c1-2-16(18-4-3-11-26-18)22-17(13-5-8-15(21)9-6-13)10-7-14(20(22)25)12-19(23)24/h5-6,8-9,14,16-18H,2-4,7,10-12H2,1H3,(H,23,24)/t14-,16?,17?,18?/m1/s1. The second-order valence-electron chi connectivity index (χ2n) is 7.21. The fraction of sp³-hybridized carbons (Fsp3) is 0.600. The van der Waals surface area contributed by atoms with Crippen LogP contribution in [0.5, 0.6) is 0 Å². The number of carbonyl (C=O) groups is 2. The molecular weight excluding hydrogens is 354 g/mol. The lowest BCUT2D eigenvalue weighted by molar-refractivity contribution is -0.154. The molecule has 1 aromatic rings. The number of piperidine rings is 1. The summed E-state index contributed by atoms with van der Waals surface area (Å²) in [6.45, 7) is 2.80. The summed E-state index contributed by atoms with van der Waals surface area (Å²) in [4.78, 5) is 26.4. The number of nitrogens with zero attached hydrogens (tertiary/aromatic N) is 1. The number of amides is 1. The van der Waals surface area contributed by atoms with Gasteiger partial charge >= 0.3 is 5.97 Å². The minimum atomic E-state index is -0.918. The van der Waals surface area contributed by atoms with Crippen LogP contribution in [-0.4, -0.2) is 40.6 Å². The van der Waals surface area contributed by atoms with Crippen molar-refractivity contribution < 1.29 is 19.4 Å². The van der Waals surface area contributed by atoms with E-state index in [4.69, 9.17) is 16.3 Å². The van der Waals surface area contributed by atoms with Gasteiger partial charge in [-0.25, -0.2) is 0 Å². The van der Waals surface area contributed by atoms with E-state index in [9.17, 15) is 14.7 Å². The molecule has 0 bridgehead atoms. The van der Waals surface area contributed by atoms with Crippen LogP contribution in [0.25, 0.3) is 0 Å². The lowest BCUT2D eigenvalue weighted by Gasteiger charge is -2.45. The molecule has 26 heavy (non-hydrogen) atoms. The summed E-state index contributed by atoms with van der Waals surface area (Å²) >= 11 is 6.02. The van der Waals surface area contributed by atoms with Crippen LogP contribution in [0.1, 0.15) is 57.1 Å². The summed E-state index contributed by atoms with van der Waals surface area (Å²) in [5, 5.41) is 9.84. The van der Waals surface area contributed by atoms with Gasteiger partial charge in [-0.05, 0) is 49.8 Å². The second-order valence-corrected chi connectivity index (χ2v) is 7.65. The molecular formula is C20H26ClNO4. The van der Waals surface area contributed by atoms with E-state index in [1.54, 1.807) is 0 Å². The first kappa shape index (κ1) is 19.2. The molecule has 0 aliphatic carbocycles. The molecule has 142 valence electrons. The largest absolute Gasteiger partial charge is 0.481 e. The summed E-state index contributed by atoms with van der Waals surface area (Å²) in [6, 6.07) is 7.53. The van der Waals surface area contributed by atoms with E-state index >= 15 is 0 Å². The van der Waals surface area contributed by atoms with Crippen molar-refractivity contribution in [2.75, 3.05) is 6.61 Å². The van der Waals surface area contributed by atoms with Gasteiger partial charge in [-0.2, -0.15) is 0 Å². The third kappa shape index (κ3) is 4.04. The highest BCUT2D eigenvalue weighted by atomic mass is 35.5. The van der Waals surface area contributed by atoms with Gasteiger partial charge in [0, 0.05) is 17.5 Å². The molecule has 3 rings (SSSR count). The van der Waals surface area contributed by atoms with Crippen LogP contribution in [0, 0.1) is 5.92 Å². The molecule has 2 saturated heterocycles. The van der Waals surface area contributed by atoms with E-state index in [-0.39, 0.29) is 30.5 Å². The molecule has 2 aliphatic rings. The van der Waals surface area contributed by atoms with Gasteiger partial charge in [0.25, 0.3) is 0 Å². The molecule has 2 fully saturated rings. The van der Waals surface area contributed by atoms with Gasteiger partial charge in [-0.3, -0.25) is 9.59 Å². The molecule has 3 unspecified atom stereocenters. The summed E-state index contributed by atoms with van der Waals surface area (Å²) in [6.07, 6.45) is 4.02. The Bertz CT molecular complexity index is 642. The Morgan fingerprint density at radius 3 is 2.62 bits per heavy atom. The minimum absolute atomic E-state index is 0.0257. The van der Waals surface area contributed by atoms with Crippen LogP contribution in [0.4, 0.5) is 0 Å². The number of ether oxygens (including phenoxy) is 1. The molecule has 1 amide bonds. The van der Waals surface area contributed by atoms with Gasteiger partial charge in [-0.1, -0.05) is 30.7 Å². The Labute approximate surface area is 159 Å². The molecule has 1 aromatic carbocycles. The van der Waals surface area contributed by atoms with Crippen LogP contribution in [-0.2, 0) is 14.3 Å². The maximum atomic E-state index is 13.2. The van der Waals surface area contributed by atoms with Crippen molar-refractivity contribution in [3.05, 3.63) is 34.9 Å². The number of aliphatic carboxylic acids is 1. The highest BCUT2D eigenvalue weighted by molar-refractivity contribution is 6.30. The van der Waals surface area contributed by atoms with E-state index in [0.717, 1.165) is 37.9 Å². The fourth-order valence-corrected chi connectivity index (χ4v) is 4.46. The molecule has 0 saturated carbocycles. The Hall–Kier alpha value is -1.59. The summed E-state index contributed by atoms with van der Waals surface area (Å²) in [5.41, 5.74) is 1.05. The van der Waals surface area contributed by atoms with E-state index in [1.165, 1.54) is 0 Å². The van der Waals surface area contributed by atoms with Crippen LogP contribution in [0.3, 0.4) is 0 Å². The Morgan fingerprint density at radius 2 is 2.04 bits per heavy atom. The lowest BCUT2D eigenvalue weighted by Crippen LogP contribution is -2.53. The van der Waals surface area contributed by atoms with E-state index < -0.39 is 11.9 Å².